The monoisotopic (exact) mass is 441 g/mol. The van der Waals surface area contributed by atoms with Crippen LogP contribution in [0.1, 0.15) is 53.4 Å². The highest BCUT2D eigenvalue weighted by atomic mass is 16.5. The van der Waals surface area contributed by atoms with Crippen molar-refractivity contribution in [2.45, 2.75) is 45.4 Å². The lowest BCUT2D eigenvalue weighted by Crippen LogP contribution is -2.34. The van der Waals surface area contributed by atoms with E-state index in [0.29, 0.717) is 18.6 Å². The van der Waals surface area contributed by atoms with Crippen molar-refractivity contribution >= 4 is 5.91 Å². The Bertz CT molecular complexity index is 1150. The standard InChI is InChI=1S/C27H27N3O3/c1-18-23-16-33-27(2,3)14-21(23)22(15-28)26(29-18)32-17-24(31)30-25(19-10-6-4-7-11-19)20-12-8-5-9-13-20/h4-13,25H,14,16-17H2,1-3H3,(H,30,31). The molecule has 0 aliphatic carbocycles. The fourth-order valence-corrected chi connectivity index (χ4v) is 4.11. The third-order valence-corrected chi connectivity index (χ3v) is 5.82. The number of fused-ring (bicyclic) bond motifs is 1. The van der Waals surface area contributed by atoms with Crippen LogP contribution < -0.4 is 10.1 Å². The lowest BCUT2D eigenvalue weighted by molar-refractivity contribution is -0.123. The largest absolute Gasteiger partial charge is 0.467 e. The van der Waals surface area contributed by atoms with Gasteiger partial charge in [-0.3, -0.25) is 4.79 Å². The summed E-state index contributed by atoms with van der Waals surface area (Å²) < 4.78 is 11.7. The average molecular weight is 442 g/mol. The summed E-state index contributed by atoms with van der Waals surface area (Å²) in [5.74, 6) is -0.102. The number of hydrogen-bond acceptors (Lipinski definition) is 5. The van der Waals surface area contributed by atoms with Gasteiger partial charge in [0.15, 0.2) is 6.61 Å². The lowest BCUT2D eigenvalue weighted by Gasteiger charge is -2.33. The maximum atomic E-state index is 12.9. The molecule has 1 amide bonds. The van der Waals surface area contributed by atoms with Crippen LogP contribution in [0.5, 0.6) is 5.88 Å². The first-order valence-corrected chi connectivity index (χ1v) is 11.0. The molecule has 6 nitrogen and oxygen atoms in total. The number of hydrogen-bond donors (Lipinski definition) is 1. The van der Waals surface area contributed by atoms with E-state index in [1.807, 2.05) is 81.4 Å². The van der Waals surface area contributed by atoms with Crippen LogP contribution >= 0.6 is 0 Å². The molecule has 168 valence electrons. The minimum Gasteiger partial charge on any atom is -0.467 e. The molecule has 1 aliphatic rings. The number of nitrogens with zero attached hydrogens (tertiary/aromatic N) is 2. The van der Waals surface area contributed by atoms with Gasteiger partial charge < -0.3 is 14.8 Å². The SMILES string of the molecule is Cc1nc(OCC(=O)NC(c2ccccc2)c2ccccc2)c(C#N)c2c1COC(C)(C)C2. The Morgan fingerprint density at radius 3 is 2.30 bits per heavy atom. The number of ether oxygens (including phenoxy) is 2. The summed E-state index contributed by atoms with van der Waals surface area (Å²) >= 11 is 0. The van der Waals surface area contributed by atoms with Crippen molar-refractivity contribution < 1.29 is 14.3 Å². The average Bonchev–Trinajstić information content (AvgIpc) is 2.81. The van der Waals surface area contributed by atoms with Crippen molar-refractivity contribution in [3.05, 3.63) is 94.2 Å². The number of aromatic nitrogens is 1. The first-order chi connectivity index (χ1) is 15.9. The van der Waals surface area contributed by atoms with Gasteiger partial charge in [0.25, 0.3) is 5.91 Å². The number of pyridine rings is 1. The van der Waals surface area contributed by atoms with E-state index in [2.05, 4.69) is 16.4 Å². The van der Waals surface area contributed by atoms with Crippen LogP contribution in [0.2, 0.25) is 0 Å². The van der Waals surface area contributed by atoms with E-state index in [0.717, 1.165) is 27.9 Å². The number of nitriles is 1. The van der Waals surface area contributed by atoms with Crippen molar-refractivity contribution in [1.82, 2.24) is 10.3 Å². The topological polar surface area (TPSA) is 84.2 Å². The van der Waals surface area contributed by atoms with Crippen molar-refractivity contribution in [3.8, 4) is 11.9 Å². The molecule has 4 rings (SSSR count). The van der Waals surface area contributed by atoms with Gasteiger partial charge in [0.1, 0.15) is 11.6 Å². The van der Waals surface area contributed by atoms with Gasteiger partial charge in [-0.25, -0.2) is 4.98 Å². The second-order valence-electron chi connectivity index (χ2n) is 8.78. The molecule has 1 aromatic heterocycles. The Labute approximate surface area is 194 Å². The maximum absolute atomic E-state index is 12.9. The summed E-state index contributed by atoms with van der Waals surface area (Å²) in [6, 6.07) is 21.5. The summed E-state index contributed by atoms with van der Waals surface area (Å²) in [7, 11) is 0. The molecule has 0 saturated heterocycles. The Kier molecular flexibility index (Phi) is 6.43. The highest BCUT2D eigenvalue weighted by Gasteiger charge is 2.31. The molecule has 0 spiro atoms. The van der Waals surface area contributed by atoms with E-state index >= 15 is 0 Å². The fraction of sp³-hybridized carbons (Fsp3) is 0.296. The third kappa shape index (κ3) is 5.05. The summed E-state index contributed by atoms with van der Waals surface area (Å²) in [5, 5.41) is 12.9. The molecule has 2 aromatic carbocycles. The Hall–Kier alpha value is -3.69. The van der Waals surface area contributed by atoms with Gasteiger partial charge in [-0.1, -0.05) is 60.7 Å². The minimum atomic E-state index is -0.375. The second kappa shape index (κ2) is 9.43. The van der Waals surface area contributed by atoms with Crippen molar-refractivity contribution in [2.24, 2.45) is 0 Å². The molecule has 0 fully saturated rings. The molecule has 1 aliphatic heterocycles. The second-order valence-corrected chi connectivity index (χ2v) is 8.78. The van der Waals surface area contributed by atoms with Crippen LogP contribution in [0.3, 0.4) is 0 Å². The van der Waals surface area contributed by atoms with Gasteiger partial charge >= 0.3 is 0 Å². The number of benzene rings is 2. The van der Waals surface area contributed by atoms with E-state index in [1.165, 1.54) is 0 Å². The first kappa shape index (κ1) is 22.5. The van der Waals surface area contributed by atoms with E-state index in [9.17, 15) is 10.1 Å². The van der Waals surface area contributed by atoms with Crippen LogP contribution in [0.4, 0.5) is 0 Å². The molecule has 3 aromatic rings. The molecule has 33 heavy (non-hydrogen) atoms. The highest BCUT2D eigenvalue weighted by molar-refractivity contribution is 5.78. The molecule has 0 atom stereocenters. The molecular weight excluding hydrogens is 414 g/mol. The summed E-state index contributed by atoms with van der Waals surface area (Å²) in [5.41, 5.74) is 4.52. The van der Waals surface area contributed by atoms with Gasteiger partial charge in [-0.15, -0.1) is 0 Å². The lowest BCUT2D eigenvalue weighted by atomic mass is 9.88. The number of carbonyl (C=O) groups is 1. The number of carbonyl (C=O) groups excluding carboxylic acids is 1. The van der Waals surface area contributed by atoms with Crippen molar-refractivity contribution in [3.63, 3.8) is 0 Å². The van der Waals surface area contributed by atoms with E-state index < -0.39 is 0 Å². The van der Waals surface area contributed by atoms with Gasteiger partial charge in [-0.2, -0.15) is 5.26 Å². The minimum absolute atomic E-state index is 0.192. The maximum Gasteiger partial charge on any atom is 0.258 e. The Morgan fingerprint density at radius 2 is 1.73 bits per heavy atom. The number of nitrogens with one attached hydrogen (secondary N) is 1. The smallest absolute Gasteiger partial charge is 0.258 e. The zero-order chi connectivity index (χ0) is 23.4. The molecule has 0 unspecified atom stereocenters. The van der Waals surface area contributed by atoms with Gasteiger partial charge in [0.2, 0.25) is 5.88 Å². The Balaban J connectivity index is 1.54. The molecule has 6 heteroatoms. The van der Waals surface area contributed by atoms with Crippen LogP contribution in [0.15, 0.2) is 60.7 Å². The van der Waals surface area contributed by atoms with E-state index in [-0.39, 0.29) is 30.0 Å². The summed E-state index contributed by atoms with van der Waals surface area (Å²) in [4.78, 5) is 17.4. The van der Waals surface area contributed by atoms with Gasteiger partial charge in [0, 0.05) is 17.7 Å². The number of amides is 1. The third-order valence-electron chi connectivity index (χ3n) is 5.82. The van der Waals surface area contributed by atoms with Crippen LogP contribution in [-0.2, 0) is 22.6 Å². The molecule has 0 radical (unpaired) electrons. The molecule has 2 heterocycles. The fourth-order valence-electron chi connectivity index (χ4n) is 4.11. The number of rotatable bonds is 6. The first-order valence-electron chi connectivity index (χ1n) is 11.0. The highest BCUT2D eigenvalue weighted by Crippen LogP contribution is 2.34. The van der Waals surface area contributed by atoms with Gasteiger partial charge in [-0.05, 0) is 37.5 Å². The van der Waals surface area contributed by atoms with Crippen LogP contribution in [-0.4, -0.2) is 23.1 Å². The zero-order valence-corrected chi connectivity index (χ0v) is 19.1. The predicted molar refractivity (Wildman–Crippen MR) is 125 cm³/mol. The summed E-state index contributed by atoms with van der Waals surface area (Å²) in [6.45, 7) is 6.03. The predicted octanol–water partition coefficient (Wildman–Crippen LogP) is 4.40. The molecule has 1 N–H and O–H groups in total. The Morgan fingerprint density at radius 1 is 1.12 bits per heavy atom. The zero-order valence-electron chi connectivity index (χ0n) is 19.1. The van der Waals surface area contributed by atoms with Crippen molar-refractivity contribution in [2.75, 3.05) is 6.61 Å². The van der Waals surface area contributed by atoms with Crippen LogP contribution in [0.25, 0.3) is 0 Å². The number of aryl methyl sites for hydroxylation is 1. The van der Waals surface area contributed by atoms with Crippen LogP contribution in [0, 0.1) is 18.3 Å². The van der Waals surface area contributed by atoms with Gasteiger partial charge in [0.05, 0.1) is 18.2 Å². The van der Waals surface area contributed by atoms with E-state index in [1.54, 1.807) is 0 Å². The normalized spacial score (nSPS) is 14.3. The molecular formula is C27H27N3O3. The summed E-state index contributed by atoms with van der Waals surface area (Å²) in [6.07, 6.45) is 0.585. The van der Waals surface area contributed by atoms with E-state index in [4.69, 9.17) is 9.47 Å². The van der Waals surface area contributed by atoms with Crippen molar-refractivity contribution in [1.29, 1.82) is 5.26 Å². The molecule has 0 saturated carbocycles. The quantitative estimate of drug-likeness (QED) is 0.613. The molecule has 0 bridgehead atoms.